The van der Waals surface area contributed by atoms with Gasteiger partial charge in [0.1, 0.15) is 18.1 Å². The summed E-state index contributed by atoms with van der Waals surface area (Å²) in [6.07, 6.45) is 2.64. The number of nitrogens with zero attached hydrogens (tertiary/aromatic N) is 2. The van der Waals surface area contributed by atoms with Crippen molar-refractivity contribution >= 4 is 16.8 Å². The van der Waals surface area contributed by atoms with Crippen molar-refractivity contribution < 1.29 is 24.1 Å². The van der Waals surface area contributed by atoms with E-state index >= 15 is 0 Å². The maximum Gasteiger partial charge on any atom is 0.225 e. The number of carbonyl (C=O) groups is 1. The largest absolute Gasteiger partial charge is 0.497 e. The number of piperidine rings is 1. The third kappa shape index (κ3) is 6.46. The maximum absolute atomic E-state index is 13.0. The zero-order valence-corrected chi connectivity index (χ0v) is 26.2. The molecule has 1 saturated heterocycles. The second kappa shape index (κ2) is 14.4. The van der Waals surface area contributed by atoms with E-state index in [2.05, 4.69) is 39.9 Å². The van der Waals surface area contributed by atoms with Gasteiger partial charge in [-0.1, -0.05) is 39.8 Å². The minimum atomic E-state index is -0.156. The van der Waals surface area contributed by atoms with Crippen molar-refractivity contribution in [3.63, 3.8) is 0 Å². The molecule has 2 aliphatic rings. The van der Waals surface area contributed by atoms with Crippen molar-refractivity contribution in [2.75, 3.05) is 53.7 Å². The van der Waals surface area contributed by atoms with Crippen molar-refractivity contribution in [1.29, 1.82) is 0 Å². The molecule has 8 nitrogen and oxygen atoms in total. The highest BCUT2D eigenvalue weighted by Crippen LogP contribution is 2.49. The van der Waals surface area contributed by atoms with E-state index in [9.17, 15) is 9.90 Å². The molecule has 1 fully saturated rings. The summed E-state index contributed by atoms with van der Waals surface area (Å²) in [6.45, 7) is 12.2. The monoisotopic (exact) mass is 579 g/mol. The number of aromatic amines is 1. The number of methoxy groups -OCH3 is 2. The fraction of sp³-hybridized carbons (Fsp3) is 0.559. The van der Waals surface area contributed by atoms with Gasteiger partial charge in [0.15, 0.2) is 0 Å². The highest BCUT2D eigenvalue weighted by Gasteiger charge is 2.48. The molecule has 1 amide bonds. The van der Waals surface area contributed by atoms with E-state index in [1.165, 1.54) is 16.5 Å². The van der Waals surface area contributed by atoms with Gasteiger partial charge in [-0.25, -0.2) is 0 Å². The molecule has 0 radical (unpaired) electrons. The summed E-state index contributed by atoms with van der Waals surface area (Å²) in [5.74, 6) is 1.93. The Balaban J connectivity index is 0.00000198. The van der Waals surface area contributed by atoms with Crippen molar-refractivity contribution in [2.24, 2.45) is 5.92 Å². The van der Waals surface area contributed by atoms with Crippen LogP contribution in [0.1, 0.15) is 69.8 Å². The van der Waals surface area contributed by atoms with E-state index in [4.69, 9.17) is 14.2 Å². The Kier molecular flexibility index (Phi) is 10.9. The minimum Gasteiger partial charge on any atom is -0.497 e. The Morgan fingerprint density at radius 3 is 2.38 bits per heavy atom. The van der Waals surface area contributed by atoms with Crippen LogP contribution in [-0.2, 0) is 21.5 Å². The Labute approximate surface area is 250 Å². The average molecular weight is 580 g/mol. The van der Waals surface area contributed by atoms with E-state index in [1.807, 2.05) is 45.0 Å². The molecule has 2 aromatic carbocycles. The molecule has 3 aromatic rings. The number of hydrogen-bond donors (Lipinski definition) is 2. The number of nitrogens with one attached hydrogen (secondary N) is 1. The second-order valence-electron chi connectivity index (χ2n) is 11.3. The molecule has 0 saturated carbocycles. The number of likely N-dealkylation sites (tertiary alicyclic amines) is 1. The normalized spacial score (nSPS) is 18.7. The average Bonchev–Trinajstić information content (AvgIpc) is 3.42. The number of ether oxygens (including phenoxy) is 3. The van der Waals surface area contributed by atoms with Gasteiger partial charge in [-0.2, -0.15) is 0 Å². The minimum absolute atomic E-state index is 0.0177. The van der Waals surface area contributed by atoms with Gasteiger partial charge in [0, 0.05) is 67.3 Å². The molecule has 42 heavy (non-hydrogen) atoms. The Bertz CT molecular complexity index is 1300. The number of carbonyl (C=O) groups excluding carboxylic acids is 1. The summed E-state index contributed by atoms with van der Waals surface area (Å²) in [4.78, 5) is 21.2. The van der Waals surface area contributed by atoms with Gasteiger partial charge in [0.05, 0.1) is 26.4 Å². The molecule has 1 aromatic heterocycles. The second-order valence-corrected chi connectivity index (χ2v) is 11.3. The molecule has 2 atom stereocenters. The molecule has 3 heterocycles. The molecular formula is C34H49N3O5. The first-order valence-corrected chi connectivity index (χ1v) is 15.5. The van der Waals surface area contributed by atoms with Crippen molar-refractivity contribution in [3.05, 3.63) is 59.3 Å². The maximum atomic E-state index is 13.0. The third-order valence-corrected chi connectivity index (χ3v) is 8.95. The zero-order valence-electron chi connectivity index (χ0n) is 26.2. The molecule has 0 bridgehead atoms. The van der Waals surface area contributed by atoms with E-state index in [-0.39, 0.29) is 29.9 Å². The number of aromatic nitrogens is 1. The predicted octanol–water partition coefficient (Wildman–Crippen LogP) is 5.68. The number of benzene rings is 2. The Hall–Kier alpha value is -3.07. The number of aliphatic hydroxyl groups is 1. The highest BCUT2D eigenvalue weighted by molar-refractivity contribution is 5.88. The number of amides is 1. The molecule has 5 rings (SSSR count). The molecular weight excluding hydrogens is 530 g/mol. The molecule has 2 unspecified atom stereocenters. The van der Waals surface area contributed by atoms with Crippen LogP contribution in [0.2, 0.25) is 0 Å². The molecule has 230 valence electrons. The first-order valence-electron chi connectivity index (χ1n) is 15.5. The van der Waals surface area contributed by atoms with Crippen LogP contribution in [-0.4, -0.2) is 79.5 Å². The van der Waals surface area contributed by atoms with E-state index in [0.29, 0.717) is 19.8 Å². The topological polar surface area (TPSA) is 87.3 Å². The van der Waals surface area contributed by atoms with Crippen LogP contribution in [0, 0.1) is 5.92 Å². The van der Waals surface area contributed by atoms with Crippen molar-refractivity contribution in [2.45, 2.75) is 65.0 Å². The van der Waals surface area contributed by atoms with Crippen LogP contribution in [0.3, 0.4) is 0 Å². The van der Waals surface area contributed by atoms with E-state index < -0.39 is 0 Å². The quantitative estimate of drug-likeness (QED) is 0.301. The van der Waals surface area contributed by atoms with Gasteiger partial charge in [-0.05, 0) is 54.7 Å². The van der Waals surface area contributed by atoms with Gasteiger partial charge in [0.2, 0.25) is 5.91 Å². The predicted molar refractivity (Wildman–Crippen MR) is 167 cm³/mol. The SMILES string of the molecule is CC.CCC(C)C(=O)N1CCC2(CC1)CN(Cc1ccc(OCCOC)cc1)C(CO)c1[nH]c3cc(OC)ccc3c12. The highest BCUT2D eigenvalue weighted by atomic mass is 16.5. The van der Waals surface area contributed by atoms with E-state index in [0.717, 1.165) is 61.6 Å². The molecule has 2 aliphatic heterocycles. The number of H-pyrrole nitrogens is 1. The summed E-state index contributed by atoms with van der Waals surface area (Å²) in [6, 6.07) is 14.2. The summed E-state index contributed by atoms with van der Waals surface area (Å²) in [7, 11) is 3.35. The molecule has 8 heteroatoms. The lowest BCUT2D eigenvalue weighted by Gasteiger charge is -2.50. The van der Waals surface area contributed by atoms with Gasteiger partial charge in [-0.15, -0.1) is 0 Å². The lowest BCUT2D eigenvalue weighted by atomic mass is 9.68. The summed E-state index contributed by atoms with van der Waals surface area (Å²) < 4.78 is 16.3. The van der Waals surface area contributed by atoms with Crippen LogP contribution in [0.5, 0.6) is 11.5 Å². The molecule has 1 spiro atoms. The number of hydrogen-bond acceptors (Lipinski definition) is 6. The number of rotatable bonds is 10. The first kappa shape index (κ1) is 31.9. The van der Waals surface area contributed by atoms with Crippen LogP contribution < -0.4 is 9.47 Å². The van der Waals surface area contributed by atoms with Crippen LogP contribution in [0.25, 0.3) is 10.9 Å². The first-order chi connectivity index (χ1) is 20.4. The lowest BCUT2D eigenvalue weighted by molar-refractivity contribution is -0.137. The van der Waals surface area contributed by atoms with Gasteiger partial charge in [0.25, 0.3) is 0 Å². The Morgan fingerprint density at radius 2 is 1.76 bits per heavy atom. The van der Waals surface area contributed by atoms with Gasteiger partial charge >= 0.3 is 0 Å². The fourth-order valence-electron chi connectivity index (χ4n) is 6.50. The van der Waals surface area contributed by atoms with Crippen molar-refractivity contribution in [1.82, 2.24) is 14.8 Å². The van der Waals surface area contributed by atoms with Gasteiger partial charge < -0.3 is 29.2 Å². The standard InChI is InChI=1S/C32H43N3O5.C2H6/c1-5-22(2)31(37)34-14-12-32(13-15-34)21-35(19-23-6-8-24(9-7-23)40-17-16-38-3)28(20-36)30-29(32)26-11-10-25(39-4)18-27(26)33-30;1-2/h6-11,18,22,28,33,36H,5,12-17,19-21H2,1-4H3;1-2H3. The fourth-order valence-corrected chi connectivity index (χ4v) is 6.50. The van der Waals surface area contributed by atoms with E-state index in [1.54, 1.807) is 14.2 Å². The van der Waals surface area contributed by atoms with Gasteiger partial charge in [-0.3, -0.25) is 9.69 Å². The van der Waals surface area contributed by atoms with Crippen LogP contribution in [0.4, 0.5) is 0 Å². The summed E-state index contributed by atoms with van der Waals surface area (Å²) in [5.41, 5.74) is 4.46. The lowest BCUT2D eigenvalue weighted by Crippen LogP contribution is -2.54. The third-order valence-electron chi connectivity index (χ3n) is 8.95. The van der Waals surface area contributed by atoms with Crippen LogP contribution >= 0.6 is 0 Å². The zero-order chi connectivity index (χ0) is 30.3. The molecule has 2 N–H and O–H groups in total. The summed E-state index contributed by atoms with van der Waals surface area (Å²) in [5, 5.41) is 11.9. The number of aliphatic hydroxyl groups excluding tert-OH is 1. The van der Waals surface area contributed by atoms with Crippen LogP contribution in [0.15, 0.2) is 42.5 Å². The summed E-state index contributed by atoms with van der Waals surface area (Å²) >= 11 is 0. The smallest absolute Gasteiger partial charge is 0.225 e. The Morgan fingerprint density at radius 1 is 1.07 bits per heavy atom. The molecule has 0 aliphatic carbocycles. The number of fused-ring (bicyclic) bond motifs is 4. The van der Waals surface area contributed by atoms with Crippen molar-refractivity contribution in [3.8, 4) is 11.5 Å².